The van der Waals surface area contributed by atoms with E-state index in [0.717, 1.165) is 11.1 Å². The molecule has 36 heavy (non-hydrogen) atoms. The molecule has 0 aliphatic carbocycles. The zero-order chi connectivity index (χ0) is 26.1. The largest absolute Gasteiger partial charge is 0.472 e. The number of fused-ring (bicyclic) bond motifs is 1. The van der Waals surface area contributed by atoms with Crippen LogP contribution in [0.15, 0.2) is 42.6 Å². The number of halogens is 1. The van der Waals surface area contributed by atoms with Crippen LogP contribution in [-0.2, 0) is 17.9 Å². The van der Waals surface area contributed by atoms with E-state index < -0.39 is 17.9 Å². The molecule has 0 saturated carbocycles. The van der Waals surface area contributed by atoms with Crippen LogP contribution in [0.25, 0.3) is 10.9 Å². The van der Waals surface area contributed by atoms with Gasteiger partial charge in [-0.25, -0.2) is 14.2 Å². The number of aryl methyl sites for hydroxylation is 1. The summed E-state index contributed by atoms with van der Waals surface area (Å²) in [7, 11) is 0. The monoisotopic (exact) mass is 496 g/mol. The standard InChI is InChI=1S/C26H33FN6O3/c1-26(2,3)36-25(34)32(17-20(27)11-7-13-28)15-8-16-33-21-12-14-30-24(22(21)23(29)31-33)35-18-19-9-5-4-6-10-19/h4-6,9-10,12,14,20H,7-8,11,15-18H2,1-3H3,(H2,29,31)/t20-/m1/s1. The Hall–Kier alpha value is -3.87. The quantitative estimate of drug-likeness (QED) is 0.402. The number of hydrogen-bond acceptors (Lipinski definition) is 7. The number of benzene rings is 1. The van der Waals surface area contributed by atoms with E-state index in [-0.39, 0.29) is 25.9 Å². The van der Waals surface area contributed by atoms with Gasteiger partial charge in [0.05, 0.1) is 18.1 Å². The van der Waals surface area contributed by atoms with Crippen molar-refractivity contribution in [1.29, 1.82) is 5.26 Å². The molecular formula is C26H33FN6O3. The highest BCUT2D eigenvalue weighted by Gasteiger charge is 2.24. The molecule has 1 aromatic carbocycles. The number of rotatable bonds is 11. The molecule has 2 heterocycles. The van der Waals surface area contributed by atoms with Gasteiger partial charge in [0.25, 0.3) is 0 Å². The summed E-state index contributed by atoms with van der Waals surface area (Å²) in [5.74, 6) is 0.693. The van der Waals surface area contributed by atoms with Crippen molar-refractivity contribution in [2.75, 3.05) is 18.8 Å². The summed E-state index contributed by atoms with van der Waals surface area (Å²) < 4.78 is 27.5. The van der Waals surface area contributed by atoms with Gasteiger partial charge in [0.15, 0.2) is 5.82 Å². The van der Waals surface area contributed by atoms with Crippen LogP contribution in [0, 0.1) is 11.3 Å². The zero-order valence-electron chi connectivity index (χ0n) is 21.0. The van der Waals surface area contributed by atoms with Crippen LogP contribution < -0.4 is 10.5 Å². The fraction of sp³-hybridized carbons (Fsp3) is 0.462. The van der Waals surface area contributed by atoms with Crippen LogP contribution in [0.1, 0.15) is 45.6 Å². The van der Waals surface area contributed by atoms with Gasteiger partial charge in [-0.15, -0.1) is 0 Å². The van der Waals surface area contributed by atoms with Gasteiger partial charge in [0.2, 0.25) is 5.88 Å². The minimum atomic E-state index is -1.31. The summed E-state index contributed by atoms with van der Waals surface area (Å²) in [6.45, 7) is 6.18. The Morgan fingerprint density at radius 3 is 2.72 bits per heavy atom. The van der Waals surface area contributed by atoms with Crippen molar-refractivity contribution in [1.82, 2.24) is 19.7 Å². The number of hydrogen-bond donors (Lipinski definition) is 1. The second-order valence-corrected chi connectivity index (χ2v) is 9.47. The Bertz CT molecular complexity index is 1190. The minimum Gasteiger partial charge on any atom is -0.472 e. The van der Waals surface area contributed by atoms with Crippen molar-refractivity contribution >= 4 is 22.8 Å². The molecule has 9 nitrogen and oxygen atoms in total. The number of amides is 1. The third-order valence-corrected chi connectivity index (χ3v) is 5.31. The summed E-state index contributed by atoms with van der Waals surface area (Å²) in [6.07, 6.45) is 0.375. The summed E-state index contributed by atoms with van der Waals surface area (Å²) in [5.41, 5.74) is 7.25. The van der Waals surface area contributed by atoms with Gasteiger partial charge in [-0.05, 0) is 45.2 Å². The number of nitriles is 1. The first kappa shape index (κ1) is 26.7. The normalized spacial score (nSPS) is 12.2. The molecule has 0 bridgehead atoms. The van der Waals surface area contributed by atoms with E-state index in [2.05, 4.69) is 10.1 Å². The predicted molar refractivity (Wildman–Crippen MR) is 135 cm³/mol. The number of nitrogens with zero attached hydrogens (tertiary/aromatic N) is 5. The summed E-state index contributed by atoms with van der Waals surface area (Å²) in [4.78, 5) is 18.3. The molecule has 0 unspecified atom stereocenters. The Kier molecular flexibility index (Phi) is 9.06. The van der Waals surface area contributed by atoms with Crippen molar-refractivity contribution < 1.29 is 18.7 Å². The molecule has 3 aromatic rings. The van der Waals surface area contributed by atoms with Crippen LogP contribution in [0.4, 0.5) is 15.0 Å². The predicted octanol–water partition coefficient (Wildman–Crippen LogP) is 4.86. The van der Waals surface area contributed by atoms with Gasteiger partial charge < -0.3 is 20.1 Å². The lowest BCUT2D eigenvalue weighted by atomic mass is 10.2. The van der Waals surface area contributed by atoms with E-state index in [9.17, 15) is 9.18 Å². The highest BCUT2D eigenvalue weighted by Crippen LogP contribution is 2.29. The number of carbonyl (C=O) groups excluding carboxylic acids is 1. The van der Waals surface area contributed by atoms with Crippen molar-refractivity contribution in [3.8, 4) is 11.9 Å². The van der Waals surface area contributed by atoms with E-state index in [1.165, 1.54) is 4.90 Å². The Morgan fingerprint density at radius 2 is 2.03 bits per heavy atom. The molecule has 3 rings (SSSR count). The Morgan fingerprint density at radius 1 is 1.28 bits per heavy atom. The molecule has 0 fully saturated rings. The van der Waals surface area contributed by atoms with Gasteiger partial charge >= 0.3 is 6.09 Å². The van der Waals surface area contributed by atoms with Crippen molar-refractivity contribution in [2.45, 2.75) is 65.0 Å². The summed E-state index contributed by atoms with van der Waals surface area (Å²) >= 11 is 0. The van der Waals surface area contributed by atoms with Crippen LogP contribution in [0.2, 0.25) is 0 Å². The fourth-order valence-corrected chi connectivity index (χ4v) is 3.68. The Labute approximate surface area is 210 Å². The first-order valence-electron chi connectivity index (χ1n) is 11.9. The highest BCUT2D eigenvalue weighted by molar-refractivity contribution is 5.93. The number of nitrogens with two attached hydrogens (primary N) is 1. The van der Waals surface area contributed by atoms with Gasteiger partial charge in [-0.3, -0.25) is 4.68 Å². The second kappa shape index (κ2) is 12.2. The molecule has 0 spiro atoms. The van der Waals surface area contributed by atoms with Crippen molar-refractivity contribution in [3.05, 3.63) is 48.2 Å². The number of pyridine rings is 1. The maximum atomic E-state index is 14.4. The molecule has 192 valence electrons. The van der Waals surface area contributed by atoms with E-state index in [1.807, 2.05) is 36.4 Å². The molecule has 0 aliphatic rings. The first-order valence-corrected chi connectivity index (χ1v) is 11.9. The number of aromatic nitrogens is 3. The molecule has 0 saturated heterocycles. The van der Waals surface area contributed by atoms with E-state index >= 15 is 0 Å². The Balaban J connectivity index is 1.69. The SMILES string of the molecule is CC(C)(C)OC(=O)N(CCCn1nc(N)c2c(OCc3ccccc3)nccc21)C[C@H](F)CCC#N. The van der Waals surface area contributed by atoms with E-state index in [0.29, 0.717) is 36.7 Å². The molecule has 2 aromatic heterocycles. The number of nitrogen functional groups attached to an aromatic ring is 1. The topological polar surface area (TPSA) is 119 Å². The van der Waals surface area contributed by atoms with E-state index in [1.54, 1.807) is 37.7 Å². The third-order valence-electron chi connectivity index (χ3n) is 5.31. The first-order chi connectivity index (χ1) is 17.2. The lowest BCUT2D eigenvalue weighted by Gasteiger charge is -2.28. The molecule has 1 atom stereocenters. The van der Waals surface area contributed by atoms with Gasteiger partial charge in [0.1, 0.15) is 23.8 Å². The van der Waals surface area contributed by atoms with Gasteiger partial charge in [-0.1, -0.05) is 30.3 Å². The zero-order valence-corrected chi connectivity index (χ0v) is 21.0. The highest BCUT2D eigenvalue weighted by atomic mass is 19.1. The summed E-state index contributed by atoms with van der Waals surface area (Å²) in [5, 5.41) is 13.8. The lowest BCUT2D eigenvalue weighted by molar-refractivity contribution is 0.0196. The fourth-order valence-electron chi connectivity index (χ4n) is 3.68. The van der Waals surface area contributed by atoms with Crippen LogP contribution in [0.3, 0.4) is 0 Å². The second-order valence-electron chi connectivity index (χ2n) is 9.47. The maximum absolute atomic E-state index is 14.4. The van der Waals surface area contributed by atoms with Crippen molar-refractivity contribution in [2.24, 2.45) is 0 Å². The van der Waals surface area contributed by atoms with E-state index in [4.69, 9.17) is 20.5 Å². The van der Waals surface area contributed by atoms with Crippen LogP contribution >= 0.6 is 0 Å². The average Bonchev–Trinajstić information content (AvgIpc) is 3.16. The van der Waals surface area contributed by atoms with Gasteiger partial charge in [0, 0.05) is 25.7 Å². The minimum absolute atomic E-state index is 0.0644. The number of anilines is 1. The molecule has 1 amide bonds. The summed E-state index contributed by atoms with van der Waals surface area (Å²) in [6, 6.07) is 13.5. The lowest BCUT2D eigenvalue weighted by Crippen LogP contribution is -2.41. The van der Waals surface area contributed by atoms with Crippen molar-refractivity contribution in [3.63, 3.8) is 0 Å². The number of ether oxygens (including phenoxy) is 2. The third kappa shape index (κ3) is 7.57. The van der Waals surface area contributed by atoms with Crippen LogP contribution in [0.5, 0.6) is 5.88 Å². The average molecular weight is 497 g/mol. The van der Waals surface area contributed by atoms with Gasteiger partial charge in [-0.2, -0.15) is 10.4 Å². The number of alkyl halides is 1. The van der Waals surface area contributed by atoms with Crippen LogP contribution in [-0.4, -0.2) is 50.6 Å². The smallest absolute Gasteiger partial charge is 0.410 e. The maximum Gasteiger partial charge on any atom is 0.410 e. The molecule has 2 N–H and O–H groups in total. The number of carbonyl (C=O) groups is 1. The molecule has 10 heteroatoms. The molecule has 0 aliphatic heterocycles. The molecule has 0 radical (unpaired) electrons. The molecular weight excluding hydrogens is 463 g/mol.